The number of esters is 1. The quantitative estimate of drug-likeness (QED) is 0.600. The highest BCUT2D eigenvalue weighted by Gasteiger charge is 2.34. The first kappa shape index (κ1) is 16.9. The molecule has 0 fully saturated rings. The highest BCUT2D eigenvalue weighted by molar-refractivity contribution is 6.21. The normalized spacial score (nSPS) is 14.4. The van der Waals surface area contributed by atoms with Crippen molar-refractivity contribution < 1.29 is 19.1 Å². The van der Waals surface area contributed by atoms with Crippen molar-refractivity contribution in [3.05, 3.63) is 71.3 Å². The van der Waals surface area contributed by atoms with Crippen molar-refractivity contribution in [2.45, 2.75) is 19.3 Å². The Bertz CT molecular complexity index is 765. The van der Waals surface area contributed by atoms with Gasteiger partial charge in [-0.05, 0) is 23.6 Å². The summed E-state index contributed by atoms with van der Waals surface area (Å²) in [5.74, 6) is -0.968. The Labute approximate surface area is 146 Å². The Morgan fingerprint density at radius 2 is 1.52 bits per heavy atom. The molecule has 2 aromatic carbocycles. The fourth-order valence-corrected chi connectivity index (χ4v) is 2.90. The monoisotopic (exact) mass is 337 g/mol. The van der Waals surface area contributed by atoms with Crippen LogP contribution >= 0.6 is 0 Å². The largest absolute Gasteiger partial charge is 0.464 e. The Morgan fingerprint density at radius 1 is 0.960 bits per heavy atom. The molecule has 5 heteroatoms. The third-order valence-electron chi connectivity index (χ3n) is 4.30. The molecule has 0 bridgehead atoms. The van der Waals surface area contributed by atoms with Gasteiger partial charge in [0.25, 0.3) is 11.8 Å². The fourth-order valence-electron chi connectivity index (χ4n) is 2.90. The highest BCUT2D eigenvalue weighted by Crippen LogP contribution is 2.22. The molecule has 0 aliphatic carbocycles. The summed E-state index contributed by atoms with van der Waals surface area (Å²) in [5.41, 5.74) is 1.87. The van der Waals surface area contributed by atoms with Crippen LogP contribution in [0.25, 0.3) is 0 Å². The van der Waals surface area contributed by atoms with E-state index in [4.69, 9.17) is 4.74 Å². The number of fused-ring (bicyclic) bond motifs is 1. The number of rotatable bonds is 6. The van der Waals surface area contributed by atoms with Crippen molar-refractivity contribution >= 4 is 17.8 Å². The summed E-state index contributed by atoms with van der Waals surface area (Å²) in [6.07, 6.45) is 0.256. The second-order valence-corrected chi connectivity index (χ2v) is 6.04. The minimum Gasteiger partial charge on any atom is -0.464 e. The first-order valence-corrected chi connectivity index (χ1v) is 8.23. The highest BCUT2D eigenvalue weighted by atomic mass is 16.5. The van der Waals surface area contributed by atoms with Gasteiger partial charge in [0, 0.05) is 0 Å². The van der Waals surface area contributed by atoms with E-state index < -0.39 is 0 Å². The lowest BCUT2D eigenvalue weighted by Gasteiger charge is -2.15. The van der Waals surface area contributed by atoms with E-state index in [0.29, 0.717) is 11.1 Å². The summed E-state index contributed by atoms with van der Waals surface area (Å²) in [6.45, 7) is 2.03. The van der Waals surface area contributed by atoms with Crippen molar-refractivity contribution in [3.63, 3.8) is 0 Å². The van der Waals surface area contributed by atoms with E-state index in [9.17, 15) is 14.4 Å². The van der Waals surface area contributed by atoms with Gasteiger partial charge < -0.3 is 4.74 Å². The van der Waals surface area contributed by atoms with E-state index in [2.05, 4.69) is 0 Å². The van der Waals surface area contributed by atoms with Gasteiger partial charge >= 0.3 is 5.97 Å². The Hall–Kier alpha value is -2.95. The smallest absolute Gasteiger partial charge is 0.306 e. The lowest BCUT2D eigenvalue weighted by atomic mass is 9.98. The van der Waals surface area contributed by atoms with Crippen molar-refractivity contribution in [3.8, 4) is 0 Å². The number of benzene rings is 2. The van der Waals surface area contributed by atoms with Gasteiger partial charge in [-0.15, -0.1) is 0 Å². The Kier molecular flexibility index (Phi) is 4.93. The number of carbonyl (C=O) groups is 3. The first-order valence-electron chi connectivity index (χ1n) is 8.23. The number of hydrogen-bond donors (Lipinski definition) is 0. The zero-order valence-corrected chi connectivity index (χ0v) is 14.0. The first-order chi connectivity index (χ1) is 12.1. The molecule has 2 amide bonds. The average Bonchev–Trinajstić information content (AvgIpc) is 2.87. The van der Waals surface area contributed by atoms with Crippen LogP contribution in [-0.4, -0.2) is 35.8 Å². The number of carbonyl (C=O) groups excluding carboxylic acids is 3. The van der Waals surface area contributed by atoms with Crippen molar-refractivity contribution in [1.82, 2.24) is 4.90 Å². The summed E-state index contributed by atoms with van der Waals surface area (Å²) in [5, 5.41) is 0. The van der Waals surface area contributed by atoms with Crippen LogP contribution in [0.5, 0.6) is 0 Å². The summed E-state index contributed by atoms with van der Waals surface area (Å²) in [4.78, 5) is 37.5. The van der Waals surface area contributed by atoms with Crippen molar-refractivity contribution in [1.29, 1.82) is 0 Å². The van der Waals surface area contributed by atoms with Gasteiger partial charge in [0.2, 0.25) is 0 Å². The van der Waals surface area contributed by atoms with Gasteiger partial charge in [0.1, 0.15) is 6.61 Å². The SMILES string of the molecule is C[C@@H](CC(=O)OCCN1C(=O)c2ccccc2C1=O)c1ccccc1. The number of imide groups is 1. The molecule has 0 radical (unpaired) electrons. The molecule has 2 aromatic rings. The van der Waals surface area contributed by atoms with Gasteiger partial charge in [0.15, 0.2) is 0 Å². The molecular weight excluding hydrogens is 318 g/mol. The fraction of sp³-hybridized carbons (Fsp3) is 0.250. The molecule has 1 aliphatic rings. The van der Waals surface area contributed by atoms with Gasteiger partial charge in [0.05, 0.1) is 24.1 Å². The van der Waals surface area contributed by atoms with Crippen molar-refractivity contribution in [2.24, 2.45) is 0 Å². The maximum absolute atomic E-state index is 12.2. The molecule has 0 saturated carbocycles. The second-order valence-electron chi connectivity index (χ2n) is 6.04. The standard InChI is InChI=1S/C20H19NO4/c1-14(15-7-3-2-4-8-15)13-18(22)25-12-11-21-19(23)16-9-5-6-10-17(16)20(21)24/h2-10,14H,11-13H2,1H3/t14-/m0/s1. The van der Waals surface area contributed by atoms with Gasteiger partial charge in [-0.1, -0.05) is 49.4 Å². The molecule has 0 aromatic heterocycles. The van der Waals surface area contributed by atoms with Crippen LogP contribution in [0.3, 0.4) is 0 Å². The number of ether oxygens (including phenoxy) is 1. The van der Waals surface area contributed by atoms with Crippen LogP contribution in [0.15, 0.2) is 54.6 Å². The van der Waals surface area contributed by atoms with Gasteiger partial charge in [-0.25, -0.2) is 0 Å². The van der Waals surface area contributed by atoms with E-state index in [1.54, 1.807) is 24.3 Å². The van der Waals surface area contributed by atoms with Gasteiger partial charge in [-0.3, -0.25) is 19.3 Å². The molecular formula is C20H19NO4. The Morgan fingerprint density at radius 3 is 2.12 bits per heavy atom. The second kappa shape index (κ2) is 7.30. The summed E-state index contributed by atoms with van der Waals surface area (Å²) in [6, 6.07) is 16.4. The molecule has 1 aliphatic heterocycles. The van der Waals surface area contributed by atoms with E-state index in [-0.39, 0.29) is 43.3 Å². The maximum atomic E-state index is 12.2. The molecule has 0 saturated heterocycles. The van der Waals surface area contributed by atoms with Crippen LogP contribution in [0.2, 0.25) is 0 Å². The molecule has 1 atom stereocenters. The van der Waals surface area contributed by atoms with Crippen LogP contribution in [0.1, 0.15) is 45.5 Å². The third-order valence-corrected chi connectivity index (χ3v) is 4.30. The van der Waals surface area contributed by atoms with E-state index in [0.717, 1.165) is 10.5 Å². The van der Waals surface area contributed by atoms with E-state index in [1.165, 1.54) is 0 Å². The van der Waals surface area contributed by atoms with E-state index in [1.807, 2.05) is 37.3 Å². The van der Waals surface area contributed by atoms with Crippen LogP contribution < -0.4 is 0 Å². The Balaban J connectivity index is 1.50. The van der Waals surface area contributed by atoms with Crippen LogP contribution in [0, 0.1) is 0 Å². The molecule has 25 heavy (non-hydrogen) atoms. The molecule has 128 valence electrons. The molecule has 0 N–H and O–H groups in total. The van der Waals surface area contributed by atoms with Crippen LogP contribution in [-0.2, 0) is 9.53 Å². The predicted molar refractivity (Wildman–Crippen MR) is 92.2 cm³/mol. The summed E-state index contributed by atoms with van der Waals surface area (Å²) in [7, 11) is 0. The minimum atomic E-state index is -0.340. The number of hydrogen-bond acceptors (Lipinski definition) is 4. The van der Waals surface area contributed by atoms with Crippen molar-refractivity contribution in [2.75, 3.05) is 13.2 Å². The molecule has 0 spiro atoms. The lowest BCUT2D eigenvalue weighted by molar-refractivity contribution is -0.144. The topological polar surface area (TPSA) is 63.7 Å². The third kappa shape index (κ3) is 3.60. The summed E-state index contributed by atoms with van der Waals surface area (Å²) >= 11 is 0. The number of amides is 2. The molecule has 5 nitrogen and oxygen atoms in total. The number of nitrogens with zero attached hydrogens (tertiary/aromatic N) is 1. The maximum Gasteiger partial charge on any atom is 0.306 e. The zero-order chi connectivity index (χ0) is 17.8. The summed E-state index contributed by atoms with van der Waals surface area (Å²) < 4.78 is 5.21. The predicted octanol–water partition coefficient (Wildman–Crippen LogP) is 3.02. The molecule has 3 rings (SSSR count). The zero-order valence-electron chi connectivity index (χ0n) is 14.0. The van der Waals surface area contributed by atoms with E-state index >= 15 is 0 Å². The van der Waals surface area contributed by atoms with Crippen LogP contribution in [0.4, 0.5) is 0 Å². The molecule has 1 heterocycles. The molecule has 0 unspecified atom stereocenters. The average molecular weight is 337 g/mol. The van der Waals surface area contributed by atoms with Gasteiger partial charge in [-0.2, -0.15) is 0 Å². The lowest BCUT2D eigenvalue weighted by Crippen LogP contribution is -2.33. The minimum absolute atomic E-state index is 0.00577.